The molecule has 18 heavy (non-hydrogen) atoms. The standard InChI is InChI=1S/C10H20N2O4S2/c13-17(14)6-1-2-10(8-17)12-18(15,16)7-5-11-9-3-4-9/h9-12H,1-8H2. The Morgan fingerprint density at radius 3 is 2.44 bits per heavy atom. The van der Waals surface area contributed by atoms with E-state index < -0.39 is 25.9 Å². The zero-order valence-electron chi connectivity index (χ0n) is 10.3. The molecular weight excluding hydrogens is 276 g/mol. The Morgan fingerprint density at radius 1 is 1.11 bits per heavy atom. The van der Waals surface area contributed by atoms with Crippen molar-refractivity contribution < 1.29 is 16.8 Å². The molecule has 0 aromatic rings. The fraction of sp³-hybridized carbons (Fsp3) is 1.00. The summed E-state index contributed by atoms with van der Waals surface area (Å²) in [7, 11) is -6.45. The molecule has 1 unspecified atom stereocenters. The van der Waals surface area contributed by atoms with Gasteiger partial charge in [0, 0.05) is 18.6 Å². The molecule has 0 amide bonds. The van der Waals surface area contributed by atoms with E-state index in [0.29, 0.717) is 25.4 Å². The van der Waals surface area contributed by atoms with Crippen molar-refractivity contribution in [3.05, 3.63) is 0 Å². The van der Waals surface area contributed by atoms with Crippen LogP contribution in [0, 0.1) is 0 Å². The smallest absolute Gasteiger partial charge is 0.213 e. The second-order valence-electron chi connectivity index (χ2n) is 5.12. The highest BCUT2D eigenvalue weighted by Gasteiger charge is 2.28. The van der Waals surface area contributed by atoms with Gasteiger partial charge >= 0.3 is 0 Å². The summed E-state index contributed by atoms with van der Waals surface area (Å²) in [6.07, 6.45) is 3.38. The highest BCUT2D eigenvalue weighted by atomic mass is 32.2. The Morgan fingerprint density at radius 2 is 1.83 bits per heavy atom. The number of nitrogens with one attached hydrogen (secondary N) is 2. The molecule has 1 aliphatic carbocycles. The van der Waals surface area contributed by atoms with Crippen LogP contribution in [0.5, 0.6) is 0 Å². The van der Waals surface area contributed by atoms with Gasteiger partial charge in [-0.25, -0.2) is 21.6 Å². The molecule has 1 aliphatic heterocycles. The van der Waals surface area contributed by atoms with E-state index in [-0.39, 0.29) is 17.3 Å². The SMILES string of the molecule is O=S1(=O)CCCC(NS(=O)(=O)CCNC2CC2)C1. The van der Waals surface area contributed by atoms with E-state index in [2.05, 4.69) is 10.0 Å². The molecule has 8 heteroatoms. The van der Waals surface area contributed by atoms with Gasteiger partial charge in [0.05, 0.1) is 17.3 Å². The fourth-order valence-corrected chi connectivity index (χ4v) is 5.07. The van der Waals surface area contributed by atoms with Gasteiger partial charge in [-0.3, -0.25) is 0 Å². The Bertz CT molecular complexity index is 482. The first-order valence-electron chi connectivity index (χ1n) is 6.30. The molecule has 0 aromatic carbocycles. The summed E-state index contributed by atoms with van der Waals surface area (Å²) in [6.45, 7) is 0.430. The van der Waals surface area contributed by atoms with Crippen LogP contribution in [-0.2, 0) is 19.9 Å². The summed E-state index contributed by atoms with van der Waals surface area (Å²) in [6, 6.07) is 0.0323. The van der Waals surface area contributed by atoms with Crippen molar-refractivity contribution in [2.24, 2.45) is 0 Å². The molecule has 2 rings (SSSR count). The van der Waals surface area contributed by atoms with E-state index in [1.54, 1.807) is 0 Å². The highest BCUT2D eigenvalue weighted by Crippen LogP contribution is 2.18. The highest BCUT2D eigenvalue weighted by molar-refractivity contribution is 7.91. The lowest BCUT2D eigenvalue weighted by Gasteiger charge is -2.22. The second-order valence-corrected chi connectivity index (χ2v) is 9.22. The van der Waals surface area contributed by atoms with E-state index in [1.807, 2.05) is 0 Å². The second kappa shape index (κ2) is 5.44. The molecule has 0 spiro atoms. The quantitative estimate of drug-likeness (QED) is 0.672. The normalized spacial score (nSPS) is 28.1. The summed E-state index contributed by atoms with van der Waals surface area (Å²) in [5, 5.41) is 3.13. The molecule has 0 aromatic heterocycles. The van der Waals surface area contributed by atoms with Crippen molar-refractivity contribution in [1.29, 1.82) is 0 Å². The number of hydrogen-bond donors (Lipinski definition) is 2. The van der Waals surface area contributed by atoms with Gasteiger partial charge in [-0.1, -0.05) is 0 Å². The maximum Gasteiger partial charge on any atom is 0.213 e. The van der Waals surface area contributed by atoms with Gasteiger partial charge in [0.1, 0.15) is 0 Å². The summed E-state index contributed by atoms with van der Waals surface area (Å²) in [5.41, 5.74) is 0. The lowest BCUT2D eigenvalue weighted by atomic mass is 10.2. The molecule has 2 N–H and O–H groups in total. The third-order valence-electron chi connectivity index (χ3n) is 3.19. The monoisotopic (exact) mass is 296 g/mol. The molecule has 1 heterocycles. The van der Waals surface area contributed by atoms with Gasteiger partial charge in [-0.15, -0.1) is 0 Å². The first-order chi connectivity index (χ1) is 8.36. The van der Waals surface area contributed by atoms with E-state index >= 15 is 0 Å². The largest absolute Gasteiger partial charge is 0.313 e. The van der Waals surface area contributed by atoms with Gasteiger partial charge in [0.2, 0.25) is 10.0 Å². The molecule has 0 bridgehead atoms. The Labute approximate surface area is 108 Å². The summed E-state index contributed by atoms with van der Waals surface area (Å²) >= 11 is 0. The van der Waals surface area contributed by atoms with Crippen molar-refractivity contribution >= 4 is 19.9 Å². The van der Waals surface area contributed by atoms with Crippen LogP contribution in [0.4, 0.5) is 0 Å². The van der Waals surface area contributed by atoms with Crippen molar-refractivity contribution in [3.8, 4) is 0 Å². The van der Waals surface area contributed by atoms with Crippen LogP contribution in [0.2, 0.25) is 0 Å². The van der Waals surface area contributed by atoms with Gasteiger partial charge in [0.25, 0.3) is 0 Å². The summed E-state index contributed by atoms with van der Waals surface area (Å²) < 4.78 is 48.9. The molecule has 106 valence electrons. The lowest BCUT2D eigenvalue weighted by Crippen LogP contribution is -2.45. The predicted molar refractivity (Wildman–Crippen MR) is 69.6 cm³/mol. The zero-order valence-corrected chi connectivity index (χ0v) is 11.9. The van der Waals surface area contributed by atoms with E-state index in [1.165, 1.54) is 0 Å². The third-order valence-corrected chi connectivity index (χ3v) is 6.45. The van der Waals surface area contributed by atoms with Crippen molar-refractivity contribution in [2.75, 3.05) is 23.8 Å². The van der Waals surface area contributed by atoms with Gasteiger partial charge in [0.15, 0.2) is 9.84 Å². The van der Waals surface area contributed by atoms with Crippen LogP contribution < -0.4 is 10.0 Å². The van der Waals surface area contributed by atoms with E-state index in [0.717, 1.165) is 12.8 Å². The molecule has 0 radical (unpaired) electrons. The molecular formula is C10H20N2O4S2. The minimum Gasteiger partial charge on any atom is -0.313 e. The molecule has 2 aliphatic rings. The molecule has 1 saturated carbocycles. The lowest BCUT2D eigenvalue weighted by molar-refractivity contribution is 0.516. The van der Waals surface area contributed by atoms with Gasteiger partial charge in [-0.05, 0) is 25.7 Å². The minimum absolute atomic E-state index is 0.0139. The van der Waals surface area contributed by atoms with E-state index in [4.69, 9.17) is 0 Å². The van der Waals surface area contributed by atoms with Crippen LogP contribution >= 0.6 is 0 Å². The fourth-order valence-electron chi connectivity index (χ4n) is 2.11. The predicted octanol–water partition coefficient (Wildman–Crippen LogP) is -0.765. The Kier molecular flexibility index (Phi) is 4.30. The van der Waals surface area contributed by atoms with E-state index in [9.17, 15) is 16.8 Å². The Balaban J connectivity index is 1.79. The first kappa shape index (κ1) is 14.2. The molecule has 1 saturated heterocycles. The van der Waals surface area contributed by atoms with Crippen molar-refractivity contribution in [3.63, 3.8) is 0 Å². The summed E-state index contributed by atoms with van der Waals surface area (Å²) in [5.74, 6) is 0.122. The van der Waals surface area contributed by atoms with Crippen molar-refractivity contribution in [1.82, 2.24) is 10.0 Å². The van der Waals surface area contributed by atoms with Crippen molar-refractivity contribution in [2.45, 2.75) is 37.8 Å². The molecule has 2 fully saturated rings. The maximum atomic E-state index is 11.8. The molecule has 1 atom stereocenters. The van der Waals surface area contributed by atoms with Crippen LogP contribution in [0.15, 0.2) is 0 Å². The zero-order chi connectivity index (χ0) is 13.2. The van der Waals surface area contributed by atoms with Crippen LogP contribution in [-0.4, -0.2) is 52.7 Å². The molecule has 6 nitrogen and oxygen atoms in total. The van der Waals surface area contributed by atoms with Gasteiger partial charge < -0.3 is 5.32 Å². The number of rotatable bonds is 6. The first-order valence-corrected chi connectivity index (χ1v) is 9.77. The Hall–Kier alpha value is -0.180. The number of hydrogen-bond acceptors (Lipinski definition) is 5. The summed E-state index contributed by atoms with van der Waals surface area (Å²) in [4.78, 5) is 0. The van der Waals surface area contributed by atoms with Crippen LogP contribution in [0.1, 0.15) is 25.7 Å². The number of sulfonamides is 1. The third kappa shape index (κ3) is 4.83. The average molecular weight is 296 g/mol. The maximum absolute atomic E-state index is 11.8. The topological polar surface area (TPSA) is 92.3 Å². The van der Waals surface area contributed by atoms with Gasteiger partial charge in [-0.2, -0.15) is 0 Å². The van der Waals surface area contributed by atoms with Crippen LogP contribution in [0.25, 0.3) is 0 Å². The minimum atomic E-state index is -3.38. The van der Waals surface area contributed by atoms with Crippen LogP contribution in [0.3, 0.4) is 0 Å². The number of sulfone groups is 1. The average Bonchev–Trinajstić information content (AvgIpc) is 2.98.